The molecule has 0 unspecified atom stereocenters. The van der Waals surface area contributed by atoms with Crippen LogP contribution < -0.4 is 0 Å². The smallest absolute Gasteiger partial charge is 0.00213 e. The van der Waals surface area contributed by atoms with E-state index in [0.717, 1.165) is 0 Å². The van der Waals surface area contributed by atoms with Crippen molar-refractivity contribution in [1.82, 2.24) is 19.6 Å². The second-order valence-corrected chi connectivity index (χ2v) is 9.46. The quantitative estimate of drug-likeness (QED) is 0.601. The Morgan fingerprint density at radius 2 is 0.393 bits per heavy atom. The lowest BCUT2D eigenvalue weighted by molar-refractivity contribution is 0.277. The van der Waals surface area contributed by atoms with Crippen molar-refractivity contribution >= 4 is 0 Å². The minimum Gasteiger partial charge on any atom is -0.306 e. The predicted octanol–water partition coefficient (Wildman–Crippen LogP) is 4.41. The van der Waals surface area contributed by atoms with Gasteiger partial charge in [0.2, 0.25) is 0 Å². The molecule has 0 aromatic heterocycles. The van der Waals surface area contributed by atoms with Gasteiger partial charge < -0.3 is 19.6 Å². The van der Waals surface area contributed by atoms with Gasteiger partial charge in [-0.2, -0.15) is 0 Å². The monoisotopic (exact) mass is 396 g/mol. The van der Waals surface area contributed by atoms with Gasteiger partial charge in [-0.3, -0.25) is 0 Å². The van der Waals surface area contributed by atoms with Crippen LogP contribution in [0.2, 0.25) is 0 Å². The highest BCUT2D eigenvalue weighted by Crippen LogP contribution is 2.07. The Balaban J connectivity index is 0.000000188. The fraction of sp³-hybridized carbons (Fsp3) is 1.00. The number of nitrogens with zero attached hydrogens (tertiary/aromatic N) is 4. The molecule has 0 atom stereocenters. The Kier molecular flexibility index (Phi) is 16.3. The van der Waals surface area contributed by atoms with Gasteiger partial charge in [-0.05, 0) is 132 Å². The Morgan fingerprint density at radius 3 is 0.571 bits per heavy atom. The molecule has 28 heavy (non-hydrogen) atoms. The Bertz CT molecular complexity index is 295. The van der Waals surface area contributed by atoms with E-state index >= 15 is 0 Å². The van der Waals surface area contributed by atoms with Crippen molar-refractivity contribution in [2.45, 2.75) is 77.0 Å². The Hall–Kier alpha value is -0.160. The Labute approximate surface area is 177 Å². The van der Waals surface area contributed by atoms with E-state index in [9.17, 15) is 0 Å². The van der Waals surface area contributed by atoms with Crippen molar-refractivity contribution < 1.29 is 0 Å². The van der Waals surface area contributed by atoms with Crippen LogP contribution in [0.1, 0.15) is 77.0 Å². The summed E-state index contributed by atoms with van der Waals surface area (Å²) >= 11 is 0. The first-order valence-corrected chi connectivity index (χ1v) is 12.3. The minimum atomic E-state index is 1.32. The fourth-order valence-corrected chi connectivity index (χ4v) is 4.21. The van der Waals surface area contributed by atoms with E-state index in [1.165, 1.54) is 129 Å². The lowest BCUT2D eigenvalue weighted by Gasteiger charge is -2.20. The largest absolute Gasteiger partial charge is 0.306 e. The van der Waals surface area contributed by atoms with E-state index in [2.05, 4.69) is 47.8 Å². The molecule has 0 radical (unpaired) electrons. The number of likely N-dealkylation sites (tertiary alicyclic amines) is 4. The first-order valence-electron chi connectivity index (χ1n) is 12.3. The summed E-state index contributed by atoms with van der Waals surface area (Å²) in [4.78, 5) is 9.57. The van der Waals surface area contributed by atoms with Crippen molar-refractivity contribution in [2.24, 2.45) is 0 Å². The predicted molar refractivity (Wildman–Crippen MR) is 125 cm³/mol. The molecule has 168 valence electrons. The van der Waals surface area contributed by atoms with Crippen molar-refractivity contribution in [3.8, 4) is 0 Å². The zero-order valence-corrected chi connectivity index (χ0v) is 19.9. The number of hydrogen-bond donors (Lipinski definition) is 0. The topological polar surface area (TPSA) is 13.0 Å². The summed E-state index contributed by atoms with van der Waals surface area (Å²) in [7, 11) is 8.77. The molecule has 0 aromatic carbocycles. The first kappa shape index (κ1) is 25.9. The highest BCUT2D eigenvalue weighted by molar-refractivity contribution is 4.60. The van der Waals surface area contributed by atoms with Crippen LogP contribution in [-0.2, 0) is 0 Å². The third kappa shape index (κ3) is 15.7. The molecule has 4 saturated heterocycles. The van der Waals surface area contributed by atoms with E-state index in [0.29, 0.717) is 0 Å². The summed E-state index contributed by atoms with van der Waals surface area (Å²) in [6, 6.07) is 0. The summed E-state index contributed by atoms with van der Waals surface area (Å²) in [6.45, 7) is 10.6. The third-order valence-corrected chi connectivity index (χ3v) is 6.32. The van der Waals surface area contributed by atoms with Gasteiger partial charge in [0.15, 0.2) is 0 Å². The molecule has 0 N–H and O–H groups in total. The van der Waals surface area contributed by atoms with Crippen LogP contribution in [0.5, 0.6) is 0 Å². The average molecular weight is 397 g/mol. The lowest BCUT2D eigenvalue weighted by Crippen LogP contribution is -2.24. The van der Waals surface area contributed by atoms with Gasteiger partial charge in [0, 0.05) is 0 Å². The molecule has 4 heteroatoms. The minimum absolute atomic E-state index is 1.32. The summed E-state index contributed by atoms with van der Waals surface area (Å²) in [6.07, 6.45) is 17.1. The zero-order valence-electron chi connectivity index (χ0n) is 19.9. The van der Waals surface area contributed by atoms with Gasteiger partial charge in [0.25, 0.3) is 0 Å². The van der Waals surface area contributed by atoms with Crippen LogP contribution >= 0.6 is 0 Å². The van der Waals surface area contributed by atoms with Crippen LogP contribution in [0.3, 0.4) is 0 Å². The van der Waals surface area contributed by atoms with Gasteiger partial charge in [-0.15, -0.1) is 0 Å². The van der Waals surface area contributed by atoms with Gasteiger partial charge in [0.1, 0.15) is 0 Å². The average Bonchev–Trinajstić information content (AvgIpc) is 3.05. The molecule has 0 spiro atoms. The maximum atomic E-state index is 2.42. The molecule has 0 saturated carbocycles. The van der Waals surface area contributed by atoms with Crippen molar-refractivity contribution in [2.75, 3.05) is 80.5 Å². The number of piperidine rings is 2. The molecule has 4 rings (SSSR count). The molecule has 4 nitrogen and oxygen atoms in total. The summed E-state index contributed by atoms with van der Waals surface area (Å²) in [5.41, 5.74) is 0. The molecule has 4 fully saturated rings. The summed E-state index contributed by atoms with van der Waals surface area (Å²) in [5.74, 6) is 0. The van der Waals surface area contributed by atoms with E-state index in [-0.39, 0.29) is 0 Å². The Morgan fingerprint density at radius 1 is 0.250 bits per heavy atom. The van der Waals surface area contributed by atoms with Crippen LogP contribution in [0.25, 0.3) is 0 Å². The van der Waals surface area contributed by atoms with E-state index in [1.54, 1.807) is 0 Å². The maximum absolute atomic E-state index is 2.42. The highest BCUT2D eigenvalue weighted by atomic mass is 15.1. The maximum Gasteiger partial charge on any atom is -0.00213 e. The van der Waals surface area contributed by atoms with Crippen molar-refractivity contribution in [3.63, 3.8) is 0 Å². The summed E-state index contributed by atoms with van der Waals surface area (Å²) in [5, 5.41) is 0. The van der Waals surface area contributed by atoms with E-state index in [4.69, 9.17) is 0 Å². The molecular formula is C24H52N4. The van der Waals surface area contributed by atoms with Crippen molar-refractivity contribution in [3.05, 3.63) is 0 Å². The fourth-order valence-electron chi connectivity index (χ4n) is 4.21. The normalized spacial score (nSPS) is 25.3. The van der Waals surface area contributed by atoms with Crippen LogP contribution in [0, 0.1) is 0 Å². The van der Waals surface area contributed by atoms with E-state index < -0.39 is 0 Å². The molecular weight excluding hydrogens is 344 g/mol. The molecule has 0 amide bonds. The second kappa shape index (κ2) is 17.7. The molecule has 0 bridgehead atoms. The molecule has 0 aromatic rings. The van der Waals surface area contributed by atoms with Gasteiger partial charge in [0.05, 0.1) is 0 Å². The van der Waals surface area contributed by atoms with Crippen LogP contribution in [-0.4, -0.2) is 100 Å². The highest BCUT2D eigenvalue weighted by Gasteiger charge is 2.04. The lowest BCUT2D eigenvalue weighted by atomic mass is 10.1. The zero-order chi connectivity index (χ0) is 20.5. The summed E-state index contributed by atoms with van der Waals surface area (Å²) < 4.78 is 0. The standard InChI is InChI=1S/C7H15N.2C6H13N.C5H11N/c1-8-6-4-2-3-5-7-8;2*1-7-5-3-2-4-6-7;1-6-4-2-3-5-6/h2-7H2,1H3;2*2-6H2,1H3;2-5H2,1H3. The van der Waals surface area contributed by atoms with Gasteiger partial charge >= 0.3 is 0 Å². The van der Waals surface area contributed by atoms with Gasteiger partial charge in [-0.1, -0.05) is 25.7 Å². The van der Waals surface area contributed by atoms with Crippen LogP contribution in [0.4, 0.5) is 0 Å². The third-order valence-electron chi connectivity index (χ3n) is 6.32. The second-order valence-electron chi connectivity index (χ2n) is 9.46. The van der Waals surface area contributed by atoms with Gasteiger partial charge in [-0.25, -0.2) is 0 Å². The first-order chi connectivity index (χ1) is 13.6. The van der Waals surface area contributed by atoms with Crippen molar-refractivity contribution in [1.29, 1.82) is 0 Å². The number of rotatable bonds is 0. The van der Waals surface area contributed by atoms with E-state index in [1.807, 2.05) is 0 Å². The number of hydrogen-bond acceptors (Lipinski definition) is 4. The molecule has 0 aliphatic carbocycles. The molecule has 4 aliphatic heterocycles. The molecule has 4 heterocycles. The van der Waals surface area contributed by atoms with Crippen LogP contribution in [0.15, 0.2) is 0 Å². The molecule has 4 aliphatic rings. The SMILES string of the molecule is CN1CCCC1.CN1CCCCC1.CN1CCCCC1.CN1CCCCCC1.